The van der Waals surface area contributed by atoms with Gasteiger partial charge in [0.05, 0.1) is 0 Å². The van der Waals surface area contributed by atoms with Crippen molar-refractivity contribution in [2.24, 2.45) is 5.92 Å². The maximum Gasteiger partial charge on any atom is 0.303 e. The molecule has 1 aromatic rings. The maximum atomic E-state index is 10.6. The average Bonchev–Trinajstić information content (AvgIpc) is 2.78. The Hall–Kier alpha value is -1.39. The quantitative estimate of drug-likeness (QED) is 0.886. The molecule has 1 aromatic heterocycles. The number of carboxylic acids is 1. The molecule has 1 aliphatic rings. The number of hydrogen-bond acceptors (Lipinski definition) is 4. The summed E-state index contributed by atoms with van der Waals surface area (Å²) in [7, 11) is 0. The number of carboxylic acid groups (broad SMARTS) is 1. The fraction of sp³-hybridized carbons (Fsp3) is 0.786. The lowest BCUT2D eigenvalue weighted by molar-refractivity contribution is -0.137. The summed E-state index contributed by atoms with van der Waals surface area (Å²) in [6.07, 6.45) is 6.57. The van der Waals surface area contributed by atoms with E-state index in [0.717, 1.165) is 18.7 Å². The third-order valence-corrected chi connectivity index (χ3v) is 3.99. The van der Waals surface area contributed by atoms with Gasteiger partial charge in [0.15, 0.2) is 0 Å². The Labute approximate surface area is 113 Å². The monoisotopic (exact) mass is 266 g/mol. The Morgan fingerprint density at radius 2 is 2.05 bits per heavy atom. The molecule has 19 heavy (non-hydrogen) atoms. The lowest BCUT2D eigenvalue weighted by Crippen LogP contribution is -2.25. The van der Waals surface area contributed by atoms with Crippen LogP contribution in [0.4, 0.5) is 0 Å². The van der Waals surface area contributed by atoms with Crippen LogP contribution < -0.4 is 0 Å². The van der Waals surface area contributed by atoms with Crippen LogP contribution >= 0.6 is 0 Å². The molecule has 106 valence electrons. The van der Waals surface area contributed by atoms with Gasteiger partial charge in [0, 0.05) is 18.3 Å². The first-order chi connectivity index (χ1) is 8.99. The highest BCUT2D eigenvalue weighted by Crippen LogP contribution is 2.38. The van der Waals surface area contributed by atoms with Crippen molar-refractivity contribution < 1.29 is 14.3 Å². The molecular formula is C14H22N2O3. The molecule has 0 aromatic carbocycles. The third-order valence-electron chi connectivity index (χ3n) is 3.99. The van der Waals surface area contributed by atoms with E-state index in [9.17, 15) is 4.79 Å². The van der Waals surface area contributed by atoms with E-state index in [-0.39, 0.29) is 17.8 Å². The van der Waals surface area contributed by atoms with Crippen LogP contribution in [0.3, 0.4) is 0 Å². The van der Waals surface area contributed by atoms with E-state index in [1.807, 2.05) is 6.92 Å². The predicted octanol–water partition coefficient (Wildman–Crippen LogP) is 2.94. The molecule has 0 spiro atoms. The van der Waals surface area contributed by atoms with Gasteiger partial charge in [-0.3, -0.25) is 4.79 Å². The molecular weight excluding hydrogens is 244 g/mol. The Kier molecular flexibility index (Phi) is 4.22. The molecule has 1 N–H and O–H groups in total. The van der Waals surface area contributed by atoms with Crippen molar-refractivity contribution in [2.45, 2.75) is 64.2 Å². The number of aliphatic carboxylic acids is 1. The molecule has 1 saturated carbocycles. The van der Waals surface area contributed by atoms with Crippen molar-refractivity contribution in [1.82, 2.24) is 10.2 Å². The van der Waals surface area contributed by atoms with Crippen LogP contribution in [0.15, 0.2) is 4.42 Å². The van der Waals surface area contributed by atoms with Crippen LogP contribution in [0.2, 0.25) is 0 Å². The van der Waals surface area contributed by atoms with Gasteiger partial charge in [0.1, 0.15) is 0 Å². The summed E-state index contributed by atoms with van der Waals surface area (Å²) in [6, 6.07) is 0. The Bertz CT molecular complexity index is 436. The van der Waals surface area contributed by atoms with Gasteiger partial charge in [0.2, 0.25) is 11.8 Å². The van der Waals surface area contributed by atoms with E-state index in [4.69, 9.17) is 9.52 Å². The summed E-state index contributed by atoms with van der Waals surface area (Å²) in [5, 5.41) is 17.0. The van der Waals surface area contributed by atoms with Crippen molar-refractivity contribution >= 4 is 5.97 Å². The third kappa shape index (κ3) is 3.55. The van der Waals surface area contributed by atoms with Crippen molar-refractivity contribution in [3.63, 3.8) is 0 Å². The SMILES string of the molecule is CC(CC(=O)O)Cc1nnc(C2(C)CCCCC2)o1. The van der Waals surface area contributed by atoms with Crippen molar-refractivity contribution in [1.29, 1.82) is 0 Å². The first kappa shape index (κ1) is 14.0. The summed E-state index contributed by atoms with van der Waals surface area (Å²) < 4.78 is 5.76. The standard InChI is InChI=1S/C14H22N2O3/c1-10(9-12(17)18)8-11-15-16-13(19-11)14(2)6-4-3-5-7-14/h10H,3-9H2,1-2H3,(H,17,18). The van der Waals surface area contributed by atoms with E-state index < -0.39 is 5.97 Å². The summed E-state index contributed by atoms with van der Waals surface area (Å²) in [4.78, 5) is 10.6. The summed E-state index contributed by atoms with van der Waals surface area (Å²) in [5.74, 6) is 0.525. The van der Waals surface area contributed by atoms with Gasteiger partial charge >= 0.3 is 5.97 Å². The Morgan fingerprint density at radius 1 is 1.37 bits per heavy atom. The molecule has 2 rings (SSSR count). The van der Waals surface area contributed by atoms with Crippen molar-refractivity contribution in [3.05, 3.63) is 11.8 Å². The maximum absolute atomic E-state index is 10.6. The lowest BCUT2D eigenvalue weighted by atomic mass is 9.76. The number of hydrogen-bond donors (Lipinski definition) is 1. The summed E-state index contributed by atoms with van der Waals surface area (Å²) in [6.45, 7) is 4.07. The Morgan fingerprint density at radius 3 is 2.68 bits per heavy atom. The van der Waals surface area contributed by atoms with Crippen molar-refractivity contribution in [3.8, 4) is 0 Å². The minimum absolute atomic E-state index is 0.0134. The van der Waals surface area contributed by atoms with Crippen LogP contribution in [-0.2, 0) is 16.6 Å². The largest absolute Gasteiger partial charge is 0.481 e. The summed E-state index contributed by atoms with van der Waals surface area (Å²) >= 11 is 0. The van der Waals surface area contributed by atoms with E-state index >= 15 is 0 Å². The molecule has 1 unspecified atom stereocenters. The van der Waals surface area contributed by atoms with Crippen molar-refractivity contribution in [2.75, 3.05) is 0 Å². The number of carbonyl (C=O) groups is 1. The first-order valence-electron chi connectivity index (χ1n) is 7.04. The van der Waals surface area contributed by atoms with E-state index in [0.29, 0.717) is 12.3 Å². The molecule has 0 amide bonds. The van der Waals surface area contributed by atoms with Crippen LogP contribution in [0.1, 0.15) is 64.2 Å². The van der Waals surface area contributed by atoms with Gasteiger partial charge in [-0.25, -0.2) is 0 Å². The smallest absolute Gasteiger partial charge is 0.303 e. The molecule has 1 aliphatic carbocycles. The molecule has 1 fully saturated rings. The number of nitrogens with zero attached hydrogens (tertiary/aromatic N) is 2. The highest BCUT2D eigenvalue weighted by Gasteiger charge is 2.34. The highest BCUT2D eigenvalue weighted by atomic mass is 16.4. The second-order valence-corrected chi connectivity index (χ2v) is 6.03. The molecule has 5 nitrogen and oxygen atoms in total. The fourth-order valence-electron chi connectivity index (χ4n) is 2.79. The lowest BCUT2D eigenvalue weighted by Gasteiger charge is -2.29. The zero-order valence-corrected chi connectivity index (χ0v) is 11.7. The minimum Gasteiger partial charge on any atom is -0.481 e. The van der Waals surface area contributed by atoms with E-state index in [1.54, 1.807) is 0 Å². The van der Waals surface area contributed by atoms with E-state index in [1.165, 1.54) is 19.3 Å². The van der Waals surface area contributed by atoms with Gasteiger partial charge in [-0.1, -0.05) is 33.1 Å². The van der Waals surface area contributed by atoms with Crippen LogP contribution in [0.5, 0.6) is 0 Å². The molecule has 0 aliphatic heterocycles. The molecule has 0 bridgehead atoms. The molecule has 5 heteroatoms. The van der Waals surface area contributed by atoms with E-state index in [2.05, 4.69) is 17.1 Å². The zero-order valence-electron chi connectivity index (χ0n) is 11.7. The average molecular weight is 266 g/mol. The van der Waals surface area contributed by atoms with Gasteiger partial charge in [0.25, 0.3) is 0 Å². The highest BCUT2D eigenvalue weighted by molar-refractivity contribution is 5.66. The molecule has 1 atom stereocenters. The molecule has 0 radical (unpaired) electrons. The van der Waals surface area contributed by atoms with Gasteiger partial charge < -0.3 is 9.52 Å². The van der Waals surface area contributed by atoms with Gasteiger partial charge in [-0.2, -0.15) is 0 Å². The minimum atomic E-state index is -0.786. The number of rotatable bonds is 5. The van der Waals surface area contributed by atoms with Gasteiger partial charge in [-0.05, 0) is 18.8 Å². The Balaban J connectivity index is 2.00. The van der Waals surface area contributed by atoms with Crippen LogP contribution in [0, 0.1) is 5.92 Å². The fourth-order valence-corrected chi connectivity index (χ4v) is 2.79. The zero-order chi connectivity index (χ0) is 13.9. The summed E-state index contributed by atoms with van der Waals surface area (Å²) in [5.41, 5.74) is 0.0134. The first-order valence-corrected chi connectivity index (χ1v) is 7.04. The number of aromatic nitrogens is 2. The molecule has 1 heterocycles. The topological polar surface area (TPSA) is 76.2 Å². The second-order valence-electron chi connectivity index (χ2n) is 6.03. The normalized spacial score (nSPS) is 20.1. The van der Waals surface area contributed by atoms with Crippen LogP contribution in [-0.4, -0.2) is 21.3 Å². The van der Waals surface area contributed by atoms with Crippen LogP contribution in [0.25, 0.3) is 0 Å². The predicted molar refractivity (Wildman–Crippen MR) is 69.9 cm³/mol. The van der Waals surface area contributed by atoms with Gasteiger partial charge in [-0.15, -0.1) is 10.2 Å². The molecule has 0 saturated heterocycles. The second kappa shape index (κ2) is 5.72.